The number of aliphatic hydroxyl groups is 1. The number of carbonyl (C=O) groups is 1. The van der Waals surface area contributed by atoms with Gasteiger partial charge in [0.05, 0.1) is 0 Å². The van der Waals surface area contributed by atoms with Crippen molar-refractivity contribution in [1.82, 2.24) is 10.2 Å². The summed E-state index contributed by atoms with van der Waals surface area (Å²) >= 11 is 0. The Hall–Kier alpha value is -1.39. The predicted octanol–water partition coefficient (Wildman–Crippen LogP) is 1.71. The van der Waals surface area contributed by atoms with Crippen LogP contribution in [0, 0.1) is 5.92 Å². The van der Waals surface area contributed by atoms with E-state index in [0.717, 1.165) is 26.1 Å². The second-order valence-corrected chi connectivity index (χ2v) is 6.20. The minimum absolute atomic E-state index is 0.149. The van der Waals surface area contributed by atoms with Gasteiger partial charge in [-0.1, -0.05) is 30.3 Å². The SMILES string of the molecule is O=C(C(O)c1ccccc1)N1CCCC(C2CCCN2)C1. The van der Waals surface area contributed by atoms with Crippen LogP contribution in [-0.2, 0) is 4.79 Å². The van der Waals surface area contributed by atoms with Crippen molar-refractivity contribution in [2.75, 3.05) is 19.6 Å². The summed E-state index contributed by atoms with van der Waals surface area (Å²) in [6.45, 7) is 2.65. The molecule has 2 heterocycles. The van der Waals surface area contributed by atoms with Crippen molar-refractivity contribution in [3.8, 4) is 0 Å². The lowest BCUT2D eigenvalue weighted by molar-refractivity contribution is -0.142. The first-order valence-electron chi connectivity index (χ1n) is 8.01. The number of hydrogen-bond donors (Lipinski definition) is 2. The molecule has 3 rings (SSSR count). The molecule has 2 saturated heterocycles. The van der Waals surface area contributed by atoms with E-state index in [-0.39, 0.29) is 5.91 Å². The van der Waals surface area contributed by atoms with E-state index >= 15 is 0 Å². The average Bonchev–Trinajstić information content (AvgIpc) is 3.09. The van der Waals surface area contributed by atoms with Crippen LogP contribution in [0.4, 0.5) is 0 Å². The van der Waals surface area contributed by atoms with Crippen molar-refractivity contribution >= 4 is 5.91 Å². The van der Waals surface area contributed by atoms with Crippen LogP contribution < -0.4 is 5.32 Å². The molecule has 3 atom stereocenters. The van der Waals surface area contributed by atoms with E-state index in [2.05, 4.69) is 5.32 Å². The highest BCUT2D eigenvalue weighted by molar-refractivity contribution is 5.82. The standard InChI is InChI=1S/C17H24N2O2/c20-16(13-6-2-1-3-7-13)17(21)19-11-5-8-14(12-19)15-9-4-10-18-15/h1-3,6-7,14-16,18,20H,4-5,8-12H2. The van der Waals surface area contributed by atoms with Gasteiger partial charge < -0.3 is 15.3 Å². The Morgan fingerprint density at radius 1 is 1.24 bits per heavy atom. The third kappa shape index (κ3) is 3.27. The maximum Gasteiger partial charge on any atom is 0.256 e. The number of hydrogen-bond acceptors (Lipinski definition) is 3. The number of nitrogens with one attached hydrogen (secondary N) is 1. The van der Waals surface area contributed by atoms with Gasteiger partial charge in [-0.25, -0.2) is 0 Å². The van der Waals surface area contributed by atoms with Crippen molar-refractivity contribution in [3.05, 3.63) is 35.9 Å². The van der Waals surface area contributed by atoms with Crippen LogP contribution in [0.3, 0.4) is 0 Å². The first-order chi connectivity index (χ1) is 10.3. The molecule has 1 aromatic carbocycles. The zero-order valence-corrected chi connectivity index (χ0v) is 12.4. The normalized spacial score (nSPS) is 27.6. The average molecular weight is 288 g/mol. The molecule has 0 aromatic heterocycles. The van der Waals surface area contributed by atoms with E-state index in [1.165, 1.54) is 19.3 Å². The molecular weight excluding hydrogens is 264 g/mol. The molecular formula is C17H24N2O2. The van der Waals surface area contributed by atoms with Gasteiger partial charge in [-0.2, -0.15) is 0 Å². The molecule has 2 N–H and O–H groups in total. The Morgan fingerprint density at radius 3 is 2.76 bits per heavy atom. The summed E-state index contributed by atoms with van der Waals surface area (Å²) in [4.78, 5) is 14.4. The third-order valence-corrected chi connectivity index (χ3v) is 4.79. The fourth-order valence-electron chi connectivity index (χ4n) is 3.60. The van der Waals surface area contributed by atoms with Crippen molar-refractivity contribution in [2.45, 2.75) is 37.8 Å². The van der Waals surface area contributed by atoms with E-state index in [1.807, 2.05) is 35.2 Å². The van der Waals surface area contributed by atoms with Gasteiger partial charge in [0.1, 0.15) is 0 Å². The number of aliphatic hydroxyl groups excluding tert-OH is 1. The second kappa shape index (κ2) is 6.58. The lowest BCUT2D eigenvalue weighted by Crippen LogP contribution is -2.47. The Balaban J connectivity index is 1.64. The maximum absolute atomic E-state index is 12.5. The quantitative estimate of drug-likeness (QED) is 0.890. The molecule has 4 heteroatoms. The van der Waals surface area contributed by atoms with Crippen molar-refractivity contribution in [3.63, 3.8) is 0 Å². The molecule has 114 valence electrons. The highest BCUT2D eigenvalue weighted by Crippen LogP contribution is 2.26. The van der Waals surface area contributed by atoms with Gasteiger partial charge in [-0.15, -0.1) is 0 Å². The van der Waals surface area contributed by atoms with Crippen LogP contribution in [0.5, 0.6) is 0 Å². The monoisotopic (exact) mass is 288 g/mol. The van der Waals surface area contributed by atoms with Gasteiger partial charge in [-0.05, 0) is 43.7 Å². The summed E-state index contributed by atoms with van der Waals surface area (Å²) in [5.74, 6) is 0.386. The first kappa shape index (κ1) is 14.5. The summed E-state index contributed by atoms with van der Waals surface area (Å²) in [7, 11) is 0. The topological polar surface area (TPSA) is 52.6 Å². The van der Waals surface area contributed by atoms with Crippen molar-refractivity contribution in [1.29, 1.82) is 0 Å². The van der Waals surface area contributed by atoms with E-state index in [0.29, 0.717) is 17.5 Å². The van der Waals surface area contributed by atoms with Crippen molar-refractivity contribution in [2.24, 2.45) is 5.92 Å². The minimum Gasteiger partial charge on any atom is -0.378 e. The smallest absolute Gasteiger partial charge is 0.256 e. The zero-order valence-electron chi connectivity index (χ0n) is 12.4. The highest BCUT2D eigenvalue weighted by Gasteiger charge is 2.33. The van der Waals surface area contributed by atoms with E-state index in [1.54, 1.807) is 0 Å². The van der Waals surface area contributed by atoms with Gasteiger partial charge in [0, 0.05) is 19.1 Å². The van der Waals surface area contributed by atoms with Gasteiger partial charge in [0.25, 0.3) is 5.91 Å². The van der Waals surface area contributed by atoms with Crippen LogP contribution in [0.25, 0.3) is 0 Å². The summed E-state index contributed by atoms with van der Waals surface area (Å²) in [6.07, 6.45) is 3.65. The number of piperidine rings is 1. The first-order valence-corrected chi connectivity index (χ1v) is 8.01. The lowest BCUT2D eigenvalue weighted by atomic mass is 9.89. The maximum atomic E-state index is 12.5. The van der Waals surface area contributed by atoms with E-state index in [9.17, 15) is 9.90 Å². The molecule has 4 nitrogen and oxygen atoms in total. The molecule has 21 heavy (non-hydrogen) atoms. The van der Waals surface area contributed by atoms with Gasteiger partial charge in [0.2, 0.25) is 0 Å². The van der Waals surface area contributed by atoms with E-state index < -0.39 is 6.10 Å². The Kier molecular flexibility index (Phi) is 4.56. The number of carbonyl (C=O) groups excluding carboxylic acids is 1. The minimum atomic E-state index is -1.03. The summed E-state index contributed by atoms with van der Waals surface area (Å²) < 4.78 is 0. The number of amides is 1. The fraction of sp³-hybridized carbons (Fsp3) is 0.588. The Bertz CT molecular complexity index is 471. The number of nitrogens with zero attached hydrogens (tertiary/aromatic N) is 1. The zero-order chi connectivity index (χ0) is 14.7. The largest absolute Gasteiger partial charge is 0.378 e. The Labute approximate surface area is 126 Å². The van der Waals surface area contributed by atoms with Gasteiger partial charge in [-0.3, -0.25) is 4.79 Å². The molecule has 3 unspecified atom stereocenters. The molecule has 0 radical (unpaired) electrons. The molecule has 0 saturated carbocycles. The Morgan fingerprint density at radius 2 is 2.05 bits per heavy atom. The van der Waals surface area contributed by atoms with E-state index in [4.69, 9.17) is 0 Å². The second-order valence-electron chi connectivity index (χ2n) is 6.20. The van der Waals surface area contributed by atoms with Crippen LogP contribution in [-0.4, -0.2) is 41.6 Å². The number of benzene rings is 1. The molecule has 0 spiro atoms. The van der Waals surface area contributed by atoms with Crippen molar-refractivity contribution < 1.29 is 9.90 Å². The molecule has 2 aliphatic heterocycles. The fourth-order valence-corrected chi connectivity index (χ4v) is 3.60. The third-order valence-electron chi connectivity index (χ3n) is 4.79. The molecule has 1 amide bonds. The predicted molar refractivity (Wildman–Crippen MR) is 81.7 cm³/mol. The summed E-state index contributed by atoms with van der Waals surface area (Å²) in [5, 5.41) is 13.8. The van der Waals surface area contributed by atoms with Crippen LogP contribution in [0.1, 0.15) is 37.4 Å². The molecule has 2 aliphatic rings. The molecule has 0 aliphatic carbocycles. The molecule has 2 fully saturated rings. The number of rotatable bonds is 3. The van der Waals surface area contributed by atoms with Crippen LogP contribution in [0.15, 0.2) is 30.3 Å². The summed E-state index contributed by atoms with van der Waals surface area (Å²) in [6, 6.07) is 9.77. The lowest BCUT2D eigenvalue weighted by Gasteiger charge is -2.36. The van der Waals surface area contributed by atoms with Gasteiger partial charge >= 0.3 is 0 Å². The van der Waals surface area contributed by atoms with Gasteiger partial charge in [0.15, 0.2) is 6.10 Å². The molecule has 1 aromatic rings. The summed E-state index contributed by atoms with van der Waals surface area (Å²) in [5.41, 5.74) is 0.684. The highest BCUT2D eigenvalue weighted by atomic mass is 16.3. The van der Waals surface area contributed by atoms with Crippen LogP contribution in [0.2, 0.25) is 0 Å². The number of likely N-dealkylation sites (tertiary alicyclic amines) is 1. The van der Waals surface area contributed by atoms with Crippen LogP contribution >= 0.6 is 0 Å². The molecule has 0 bridgehead atoms.